The first-order valence-electron chi connectivity index (χ1n) is 8.90. The lowest BCUT2D eigenvalue weighted by molar-refractivity contribution is 0.155. The van der Waals surface area contributed by atoms with Crippen LogP contribution in [0.2, 0.25) is 0 Å². The first-order valence-corrected chi connectivity index (χ1v) is 10.7. The Labute approximate surface area is 145 Å². The number of nitrogens with one attached hydrogen (secondary N) is 1. The van der Waals surface area contributed by atoms with Crippen LogP contribution in [-0.2, 0) is 16.4 Å². The van der Waals surface area contributed by atoms with E-state index in [1.165, 1.54) is 18.4 Å². The lowest BCUT2D eigenvalue weighted by Crippen LogP contribution is -2.40. The van der Waals surface area contributed by atoms with Crippen LogP contribution in [0.5, 0.6) is 0 Å². The van der Waals surface area contributed by atoms with Crippen molar-refractivity contribution < 1.29 is 13.5 Å². The van der Waals surface area contributed by atoms with Gasteiger partial charge in [0.05, 0.1) is 17.6 Å². The highest BCUT2D eigenvalue weighted by Crippen LogP contribution is 2.22. The van der Waals surface area contributed by atoms with E-state index in [0.29, 0.717) is 5.92 Å². The van der Waals surface area contributed by atoms with Crippen molar-refractivity contribution in [1.82, 2.24) is 10.2 Å². The summed E-state index contributed by atoms with van der Waals surface area (Å²) in [6.07, 6.45) is 2.70. The summed E-state index contributed by atoms with van der Waals surface area (Å²) < 4.78 is 23.0. The Bertz CT molecular complexity index is 612. The number of nitrogens with zero attached hydrogens (tertiary/aromatic N) is 1. The maximum atomic E-state index is 11.5. The molecule has 5 nitrogen and oxygen atoms in total. The fourth-order valence-corrected chi connectivity index (χ4v) is 5.55. The Morgan fingerprint density at radius 2 is 1.83 bits per heavy atom. The molecule has 6 heteroatoms. The van der Waals surface area contributed by atoms with Crippen LogP contribution in [0.25, 0.3) is 0 Å². The molecular weight excluding hydrogens is 324 g/mol. The fraction of sp³-hybridized carbons (Fsp3) is 0.667. The molecule has 134 valence electrons. The molecule has 2 heterocycles. The predicted molar refractivity (Wildman–Crippen MR) is 95.5 cm³/mol. The summed E-state index contributed by atoms with van der Waals surface area (Å²) >= 11 is 0. The fourth-order valence-electron chi connectivity index (χ4n) is 3.77. The number of benzene rings is 1. The first kappa shape index (κ1) is 17.9. The number of aliphatic hydroxyl groups is 1. The zero-order valence-electron chi connectivity index (χ0n) is 14.1. The highest BCUT2D eigenvalue weighted by Gasteiger charge is 2.35. The van der Waals surface area contributed by atoms with Crippen LogP contribution >= 0.6 is 0 Å². The van der Waals surface area contributed by atoms with Crippen molar-refractivity contribution in [2.75, 3.05) is 31.1 Å². The van der Waals surface area contributed by atoms with Gasteiger partial charge in [-0.3, -0.25) is 4.90 Å². The van der Waals surface area contributed by atoms with Crippen molar-refractivity contribution in [2.45, 2.75) is 38.0 Å². The summed E-state index contributed by atoms with van der Waals surface area (Å²) in [5, 5.41) is 13.0. The van der Waals surface area contributed by atoms with Gasteiger partial charge in [0.1, 0.15) is 0 Å². The standard InChI is InChI=1S/C18H28N2O3S/c21-18-14-24(22,23)13-17(18)19-9-6-15-7-10-20(11-8-15)12-16-4-2-1-3-5-16/h1-5,15,17-19,21H,6-14H2. The van der Waals surface area contributed by atoms with Crippen LogP contribution in [0.1, 0.15) is 24.8 Å². The molecule has 2 unspecified atom stereocenters. The first-order chi connectivity index (χ1) is 11.5. The molecule has 1 aromatic carbocycles. The maximum absolute atomic E-state index is 11.5. The molecular formula is C18H28N2O3S. The van der Waals surface area contributed by atoms with Gasteiger partial charge in [0.25, 0.3) is 0 Å². The monoisotopic (exact) mass is 352 g/mol. The van der Waals surface area contributed by atoms with Crippen molar-refractivity contribution in [2.24, 2.45) is 5.92 Å². The van der Waals surface area contributed by atoms with Gasteiger partial charge in [-0.05, 0) is 50.4 Å². The van der Waals surface area contributed by atoms with Gasteiger partial charge in [0, 0.05) is 12.6 Å². The third kappa shape index (κ3) is 5.02. The number of hydrogen-bond donors (Lipinski definition) is 2. The molecule has 2 aliphatic heterocycles. The topological polar surface area (TPSA) is 69.6 Å². The summed E-state index contributed by atoms with van der Waals surface area (Å²) in [5.74, 6) is 0.673. The number of likely N-dealkylation sites (tertiary alicyclic amines) is 1. The van der Waals surface area contributed by atoms with Gasteiger partial charge in [0.15, 0.2) is 9.84 Å². The van der Waals surface area contributed by atoms with Gasteiger partial charge in [0.2, 0.25) is 0 Å². The molecule has 0 aromatic heterocycles. The summed E-state index contributed by atoms with van der Waals surface area (Å²) in [6, 6.07) is 10.3. The summed E-state index contributed by atoms with van der Waals surface area (Å²) in [6.45, 7) is 4.07. The summed E-state index contributed by atoms with van der Waals surface area (Å²) in [5.41, 5.74) is 1.37. The Morgan fingerprint density at radius 1 is 1.12 bits per heavy atom. The quantitative estimate of drug-likeness (QED) is 0.800. The molecule has 0 radical (unpaired) electrons. The van der Waals surface area contributed by atoms with Crippen molar-refractivity contribution in [3.05, 3.63) is 35.9 Å². The molecule has 2 saturated heterocycles. The minimum absolute atomic E-state index is 0.0731. The second kappa shape index (κ2) is 7.95. The number of hydrogen-bond acceptors (Lipinski definition) is 5. The van der Waals surface area contributed by atoms with Gasteiger partial charge in [-0.25, -0.2) is 8.42 Å². The van der Waals surface area contributed by atoms with Crippen molar-refractivity contribution in [3.8, 4) is 0 Å². The number of sulfone groups is 1. The molecule has 0 aliphatic carbocycles. The van der Waals surface area contributed by atoms with Gasteiger partial charge in [-0.1, -0.05) is 30.3 Å². The third-order valence-corrected chi connectivity index (χ3v) is 6.95. The van der Waals surface area contributed by atoms with E-state index >= 15 is 0 Å². The second-order valence-electron chi connectivity index (χ2n) is 7.20. The average Bonchev–Trinajstić information content (AvgIpc) is 2.82. The summed E-state index contributed by atoms with van der Waals surface area (Å²) in [4.78, 5) is 2.51. The van der Waals surface area contributed by atoms with E-state index in [1.807, 2.05) is 0 Å². The van der Waals surface area contributed by atoms with E-state index < -0.39 is 15.9 Å². The van der Waals surface area contributed by atoms with Crippen molar-refractivity contribution in [3.63, 3.8) is 0 Å². The number of aliphatic hydroxyl groups excluding tert-OH is 1. The van der Waals surface area contributed by atoms with Crippen LogP contribution in [-0.4, -0.2) is 61.7 Å². The lowest BCUT2D eigenvalue weighted by Gasteiger charge is -2.32. The van der Waals surface area contributed by atoms with Crippen LogP contribution < -0.4 is 5.32 Å². The molecule has 0 bridgehead atoms. The molecule has 2 fully saturated rings. The van der Waals surface area contributed by atoms with E-state index in [9.17, 15) is 13.5 Å². The molecule has 24 heavy (non-hydrogen) atoms. The molecule has 3 rings (SSSR count). The van der Waals surface area contributed by atoms with Crippen molar-refractivity contribution in [1.29, 1.82) is 0 Å². The van der Waals surface area contributed by atoms with Gasteiger partial charge in [-0.15, -0.1) is 0 Å². The molecule has 2 N–H and O–H groups in total. The van der Waals surface area contributed by atoms with Gasteiger partial charge in [-0.2, -0.15) is 0 Å². The molecule has 1 aromatic rings. The largest absolute Gasteiger partial charge is 0.390 e. The Kier molecular flexibility index (Phi) is 5.92. The minimum atomic E-state index is -3.06. The SMILES string of the molecule is O=S1(=O)CC(O)C(NCCC2CCN(Cc3ccccc3)CC2)C1. The van der Waals surface area contributed by atoms with Gasteiger partial charge >= 0.3 is 0 Å². The van der Waals surface area contributed by atoms with E-state index in [1.54, 1.807) is 0 Å². The van der Waals surface area contributed by atoms with E-state index in [0.717, 1.165) is 32.6 Å². The predicted octanol–water partition coefficient (Wildman–Crippen LogP) is 1.04. The van der Waals surface area contributed by atoms with E-state index in [2.05, 4.69) is 40.5 Å². The van der Waals surface area contributed by atoms with Gasteiger partial charge < -0.3 is 10.4 Å². The zero-order valence-corrected chi connectivity index (χ0v) is 14.9. The highest BCUT2D eigenvalue weighted by atomic mass is 32.2. The number of rotatable bonds is 6. The molecule has 2 atom stereocenters. The lowest BCUT2D eigenvalue weighted by atomic mass is 9.93. The van der Waals surface area contributed by atoms with Crippen LogP contribution in [0.15, 0.2) is 30.3 Å². The van der Waals surface area contributed by atoms with Crippen molar-refractivity contribution >= 4 is 9.84 Å². The second-order valence-corrected chi connectivity index (χ2v) is 9.35. The summed E-state index contributed by atoms with van der Waals surface area (Å²) in [7, 11) is -3.06. The third-order valence-electron chi connectivity index (χ3n) is 5.24. The van der Waals surface area contributed by atoms with E-state index in [4.69, 9.17) is 0 Å². The molecule has 0 saturated carbocycles. The normalized spacial score (nSPS) is 28.2. The Hall–Kier alpha value is -0.950. The molecule has 0 spiro atoms. The maximum Gasteiger partial charge on any atom is 0.154 e. The molecule has 2 aliphatic rings. The highest BCUT2D eigenvalue weighted by molar-refractivity contribution is 7.91. The van der Waals surface area contributed by atoms with Crippen LogP contribution in [0.4, 0.5) is 0 Å². The minimum Gasteiger partial charge on any atom is -0.390 e. The van der Waals surface area contributed by atoms with Crippen LogP contribution in [0.3, 0.4) is 0 Å². The Balaban J connectivity index is 1.34. The average molecular weight is 353 g/mol. The van der Waals surface area contributed by atoms with E-state index in [-0.39, 0.29) is 17.5 Å². The smallest absolute Gasteiger partial charge is 0.154 e. The Morgan fingerprint density at radius 3 is 2.46 bits per heavy atom. The zero-order chi connectivity index (χ0) is 17.0. The van der Waals surface area contributed by atoms with Crippen LogP contribution in [0, 0.1) is 5.92 Å². The number of piperidine rings is 1. The molecule has 0 amide bonds.